The van der Waals surface area contributed by atoms with Crippen LogP contribution in [0, 0.1) is 0 Å². The van der Waals surface area contributed by atoms with E-state index in [1.54, 1.807) is 43.5 Å². The number of ether oxygens (including phenoxy) is 5. The van der Waals surface area contributed by atoms with Crippen molar-refractivity contribution in [3.63, 3.8) is 0 Å². The summed E-state index contributed by atoms with van der Waals surface area (Å²) in [6.07, 6.45) is -2.05. The molecule has 0 spiro atoms. The molecule has 2 aromatic carbocycles. The van der Waals surface area contributed by atoms with E-state index in [2.05, 4.69) is 0 Å². The number of rotatable bonds is 10. The minimum Gasteiger partial charge on any atom is -0.497 e. The standard InChI is InChI=1S/C20H26O7/c1-23-12-27-19-10-15(25-3)9-18(26-4)16(19)11-17(21)20(22)13-5-7-14(24-2)8-6-13/h5-10,17,20-22H,11-12H2,1-4H3/t17-,20-/m0/s1. The minimum atomic E-state index is -1.09. The van der Waals surface area contributed by atoms with Crippen molar-refractivity contribution in [1.82, 2.24) is 0 Å². The molecule has 0 bridgehead atoms. The maximum atomic E-state index is 10.6. The first kappa shape index (κ1) is 20.8. The van der Waals surface area contributed by atoms with Crippen molar-refractivity contribution >= 4 is 0 Å². The largest absolute Gasteiger partial charge is 0.497 e. The van der Waals surface area contributed by atoms with Gasteiger partial charge >= 0.3 is 0 Å². The first-order valence-corrected chi connectivity index (χ1v) is 8.40. The summed E-state index contributed by atoms with van der Waals surface area (Å²) in [5.74, 6) is 2.16. The van der Waals surface area contributed by atoms with Gasteiger partial charge in [0.1, 0.15) is 29.1 Å². The molecule has 2 atom stereocenters. The van der Waals surface area contributed by atoms with Crippen LogP contribution in [0.1, 0.15) is 17.2 Å². The van der Waals surface area contributed by atoms with E-state index >= 15 is 0 Å². The molecule has 0 heterocycles. The van der Waals surface area contributed by atoms with Gasteiger partial charge in [0, 0.05) is 31.2 Å². The molecule has 27 heavy (non-hydrogen) atoms. The van der Waals surface area contributed by atoms with E-state index in [-0.39, 0.29) is 13.2 Å². The zero-order valence-electron chi connectivity index (χ0n) is 16.0. The fraction of sp³-hybridized carbons (Fsp3) is 0.400. The predicted octanol–water partition coefficient (Wildman–Crippen LogP) is 2.33. The lowest BCUT2D eigenvalue weighted by Crippen LogP contribution is -2.21. The Hall–Kier alpha value is -2.48. The Balaban J connectivity index is 2.27. The average molecular weight is 378 g/mol. The number of methoxy groups -OCH3 is 4. The van der Waals surface area contributed by atoms with Crippen LogP contribution in [0.3, 0.4) is 0 Å². The van der Waals surface area contributed by atoms with E-state index in [4.69, 9.17) is 23.7 Å². The van der Waals surface area contributed by atoms with Crippen molar-refractivity contribution in [2.45, 2.75) is 18.6 Å². The molecule has 7 heteroatoms. The van der Waals surface area contributed by atoms with Gasteiger partial charge in [0.15, 0.2) is 6.79 Å². The molecule has 2 aromatic rings. The molecule has 0 aromatic heterocycles. The first-order valence-electron chi connectivity index (χ1n) is 8.40. The highest BCUT2D eigenvalue weighted by atomic mass is 16.7. The van der Waals surface area contributed by atoms with E-state index in [0.717, 1.165) is 0 Å². The smallest absolute Gasteiger partial charge is 0.188 e. The Kier molecular flexibility index (Phi) is 7.72. The maximum Gasteiger partial charge on any atom is 0.188 e. The van der Waals surface area contributed by atoms with Crippen molar-refractivity contribution in [1.29, 1.82) is 0 Å². The molecule has 0 radical (unpaired) electrons. The Morgan fingerprint density at radius 3 is 2.00 bits per heavy atom. The summed E-state index contributed by atoms with van der Waals surface area (Å²) in [4.78, 5) is 0. The molecule has 0 saturated heterocycles. The van der Waals surface area contributed by atoms with E-state index in [1.807, 2.05) is 0 Å². The second-order valence-corrected chi connectivity index (χ2v) is 5.85. The molecule has 0 saturated carbocycles. The van der Waals surface area contributed by atoms with Crippen LogP contribution >= 0.6 is 0 Å². The van der Waals surface area contributed by atoms with Gasteiger partial charge in [-0.15, -0.1) is 0 Å². The van der Waals surface area contributed by atoms with Crippen LogP contribution < -0.4 is 18.9 Å². The molecule has 2 rings (SSSR count). The van der Waals surface area contributed by atoms with Crippen LogP contribution in [0.15, 0.2) is 36.4 Å². The second kappa shape index (κ2) is 10.0. The SMILES string of the molecule is COCOc1cc(OC)cc(OC)c1C[C@H](O)[C@@H](O)c1ccc(OC)cc1. The van der Waals surface area contributed by atoms with Crippen molar-refractivity contribution in [2.75, 3.05) is 35.2 Å². The zero-order valence-corrected chi connectivity index (χ0v) is 16.0. The molecular weight excluding hydrogens is 352 g/mol. The van der Waals surface area contributed by atoms with Crippen LogP contribution in [0.25, 0.3) is 0 Å². The average Bonchev–Trinajstić information content (AvgIpc) is 2.72. The highest BCUT2D eigenvalue weighted by Gasteiger charge is 2.24. The zero-order chi connectivity index (χ0) is 19.8. The Bertz CT molecular complexity index is 715. The summed E-state index contributed by atoms with van der Waals surface area (Å²) >= 11 is 0. The molecule has 0 aliphatic heterocycles. The Morgan fingerprint density at radius 2 is 1.44 bits per heavy atom. The van der Waals surface area contributed by atoms with Crippen LogP contribution in [-0.4, -0.2) is 51.5 Å². The monoisotopic (exact) mass is 378 g/mol. The third kappa shape index (κ3) is 5.26. The van der Waals surface area contributed by atoms with Gasteiger partial charge in [-0.25, -0.2) is 0 Å². The van der Waals surface area contributed by atoms with Crippen LogP contribution in [-0.2, 0) is 11.2 Å². The molecule has 0 aliphatic carbocycles. The second-order valence-electron chi connectivity index (χ2n) is 5.85. The van der Waals surface area contributed by atoms with E-state index < -0.39 is 12.2 Å². The number of hydrogen-bond donors (Lipinski definition) is 2. The van der Waals surface area contributed by atoms with Gasteiger partial charge in [0.2, 0.25) is 0 Å². The maximum absolute atomic E-state index is 10.6. The minimum absolute atomic E-state index is 0.0282. The van der Waals surface area contributed by atoms with E-state index in [0.29, 0.717) is 34.1 Å². The normalized spacial score (nSPS) is 13.0. The molecule has 148 valence electrons. The fourth-order valence-corrected chi connectivity index (χ4v) is 2.69. The number of hydrogen-bond acceptors (Lipinski definition) is 7. The third-order valence-corrected chi connectivity index (χ3v) is 4.16. The molecule has 2 N–H and O–H groups in total. The van der Waals surface area contributed by atoms with Gasteiger partial charge in [0.25, 0.3) is 0 Å². The number of aliphatic hydroxyl groups is 2. The summed E-state index contributed by atoms with van der Waals surface area (Å²) in [5.41, 5.74) is 1.19. The van der Waals surface area contributed by atoms with Gasteiger partial charge in [-0.1, -0.05) is 12.1 Å². The molecule has 0 unspecified atom stereocenters. The van der Waals surface area contributed by atoms with Gasteiger partial charge in [-0.05, 0) is 17.7 Å². The van der Waals surface area contributed by atoms with Gasteiger partial charge in [-0.3, -0.25) is 0 Å². The van der Waals surface area contributed by atoms with Gasteiger partial charge in [0.05, 0.1) is 27.4 Å². The summed E-state index contributed by atoms with van der Waals surface area (Å²) < 4.78 is 26.3. The van der Waals surface area contributed by atoms with Crippen molar-refractivity contribution in [3.8, 4) is 23.0 Å². The fourth-order valence-electron chi connectivity index (χ4n) is 2.69. The van der Waals surface area contributed by atoms with E-state index in [1.165, 1.54) is 21.3 Å². The highest BCUT2D eigenvalue weighted by Crippen LogP contribution is 2.36. The lowest BCUT2D eigenvalue weighted by molar-refractivity contribution is 0.0167. The van der Waals surface area contributed by atoms with Crippen LogP contribution in [0.4, 0.5) is 0 Å². The topological polar surface area (TPSA) is 86.6 Å². The van der Waals surface area contributed by atoms with E-state index in [9.17, 15) is 10.2 Å². The molecule has 0 amide bonds. The third-order valence-electron chi connectivity index (χ3n) is 4.16. The Labute approximate surface area is 159 Å². The van der Waals surface area contributed by atoms with Crippen molar-refractivity contribution in [3.05, 3.63) is 47.5 Å². The Morgan fingerprint density at radius 1 is 0.815 bits per heavy atom. The lowest BCUT2D eigenvalue weighted by Gasteiger charge is -2.22. The lowest BCUT2D eigenvalue weighted by atomic mass is 9.97. The number of aliphatic hydroxyl groups excluding tert-OH is 2. The summed E-state index contributed by atoms with van der Waals surface area (Å²) in [6.45, 7) is 0.0282. The first-order chi connectivity index (χ1) is 13.0. The summed E-state index contributed by atoms with van der Waals surface area (Å²) in [7, 11) is 6.14. The molecule has 0 aliphatic rings. The van der Waals surface area contributed by atoms with Crippen molar-refractivity contribution < 1.29 is 33.9 Å². The summed E-state index contributed by atoms with van der Waals surface area (Å²) in [5, 5.41) is 21.1. The molecule has 0 fully saturated rings. The quantitative estimate of drug-likeness (QED) is 0.614. The number of benzene rings is 2. The highest BCUT2D eigenvalue weighted by molar-refractivity contribution is 5.51. The summed E-state index contributed by atoms with van der Waals surface area (Å²) in [6, 6.07) is 10.3. The van der Waals surface area contributed by atoms with Gasteiger partial charge < -0.3 is 33.9 Å². The molecule has 7 nitrogen and oxygen atoms in total. The van der Waals surface area contributed by atoms with Crippen molar-refractivity contribution in [2.24, 2.45) is 0 Å². The predicted molar refractivity (Wildman–Crippen MR) is 99.7 cm³/mol. The molecular formula is C20H26O7. The van der Waals surface area contributed by atoms with Crippen LogP contribution in [0.5, 0.6) is 23.0 Å². The van der Waals surface area contributed by atoms with Gasteiger partial charge in [-0.2, -0.15) is 0 Å². The van der Waals surface area contributed by atoms with Crippen LogP contribution in [0.2, 0.25) is 0 Å².